The highest BCUT2D eigenvalue weighted by Crippen LogP contribution is 2.68. The summed E-state index contributed by atoms with van der Waals surface area (Å²) in [5.74, 6) is 1.07. The van der Waals surface area contributed by atoms with Gasteiger partial charge in [0.25, 0.3) is 0 Å². The Kier molecular flexibility index (Phi) is 5.19. The lowest BCUT2D eigenvalue weighted by molar-refractivity contribution is 0.111. The van der Waals surface area contributed by atoms with Gasteiger partial charge in [-0.2, -0.15) is 0 Å². The molecule has 1 aliphatic heterocycles. The Morgan fingerprint density at radius 2 is 1.89 bits per heavy atom. The van der Waals surface area contributed by atoms with E-state index in [2.05, 4.69) is 17.0 Å². The lowest BCUT2D eigenvalue weighted by Gasteiger charge is -2.17. The molecule has 4 atom stereocenters. The summed E-state index contributed by atoms with van der Waals surface area (Å²) in [6.07, 6.45) is -0.436. The molecule has 0 radical (unpaired) electrons. The Morgan fingerprint density at radius 1 is 1.07 bits per heavy atom. The van der Waals surface area contributed by atoms with E-state index in [0.29, 0.717) is 6.54 Å². The molecule has 2 aliphatic rings. The lowest BCUT2D eigenvalue weighted by atomic mass is 9.95. The molecule has 2 aromatic rings. The Hall–Kier alpha value is -1.92. The fourth-order valence-electron chi connectivity index (χ4n) is 4.94. The minimum absolute atomic E-state index is 0.00547. The first-order valence-electron chi connectivity index (χ1n) is 9.58. The summed E-state index contributed by atoms with van der Waals surface area (Å²) >= 11 is 0. The van der Waals surface area contributed by atoms with Gasteiger partial charge in [-0.15, -0.1) is 0 Å². The molecule has 4 rings (SSSR count). The molecule has 0 bridgehead atoms. The van der Waals surface area contributed by atoms with Gasteiger partial charge in [0.05, 0.1) is 12.7 Å². The summed E-state index contributed by atoms with van der Waals surface area (Å²) in [7, 11) is 0. The van der Waals surface area contributed by atoms with Gasteiger partial charge in [-0.1, -0.05) is 42.5 Å². The first-order chi connectivity index (χ1) is 13.2. The minimum atomic E-state index is -0.436. The van der Waals surface area contributed by atoms with Crippen molar-refractivity contribution in [1.82, 2.24) is 4.90 Å². The first-order valence-corrected chi connectivity index (χ1v) is 9.58. The van der Waals surface area contributed by atoms with E-state index in [0.717, 1.165) is 24.4 Å². The average molecular weight is 369 g/mol. The smallest absolute Gasteiger partial charge is 0.119 e. The van der Waals surface area contributed by atoms with E-state index in [-0.39, 0.29) is 37.1 Å². The molecule has 1 spiro atoms. The van der Waals surface area contributed by atoms with Gasteiger partial charge in [0.1, 0.15) is 12.4 Å². The van der Waals surface area contributed by atoms with Crippen molar-refractivity contribution < 1.29 is 20.1 Å². The van der Waals surface area contributed by atoms with E-state index in [4.69, 9.17) is 9.84 Å². The van der Waals surface area contributed by atoms with Gasteiger partial charge in [0.2, 0.25) is 0 Å². The monoisotopic (exact) mass is 369 g/mol. The van der Waals surface area contributed by atoms with E-state index in [9.17, 15) is 10.2 Å². The molecule has 5 nitrogen and oxygen atoms in total. The largest absolute Gasteiger partial charge is 0.491 e. The number of β-amino-alcohol motifs (C(OH)–C–C–N with tert-alkyl or cyclic N) is 1. The maximum atomic E-state index is 10.9. The van der Waals surface area contributed by atoms with Crippen LogP contribution in [0.1, 0.15) is 17.0 Å². The summed E-state index contributed by atoms with van der Waals surface area (Å²) < 4.78 is 5.49. The van der Waals surface area contributed by atoms with Crippen LogP contribution in [0.3, 0.4) is 0 Å². The number of hydrogen-bond acceptors (Lipinski definition) is 5. The van der Waals surface area contributed by atoms with Crippen LogP contribution in [0.5, 0.6) is 5.75 Å². The van der Waals surface area contributed by atoms with Crippen molar-refractivity contribution in [2.45, 2.75) is 18.6 Å². The van der Waals surface area contributed by atoms with Crippen LogP contribution < -0.4 is 4.74 Å². The predicted octanol–water partition coefficient (Wildman–Crippen LogP) is 1.63. The van der Waals surface area contributed by atoms with Crippen LogP contribution in [0.25, 0.3) is 0 Å². The number of ether oxygens (including phenoxy) is 1. The molecule has 144 valence electrons. The highest BCUT2D eigenvalue weighted by atomic mass is 16.5. The van der Waals surface area contributed by atoms with Gasteiger partial charge >= 0.3 is 0 Å². The number of benzene rings is 2. The fraction of sp³-hybridized carbons (Fsp3) is 0.455. The third kappa shape index (κ3) is 3.36. The van der Waals surface area contributed by atoms with E-state index in [1.807, 2.05) is 42.5 Å². The zero-order valence-electron chi connectivity index (χ0n) is 15.4. The highest BCUT2D eigenvalue weighted by Gasteiger charge is 2.70. The zero-order valence-corrected chi connectivity index (χ0v) is 15.4. The summed E-state index contributed by atoms with van der Waals surface area (Å²) in [5, 5.41) is 29.7. The van der Waals surface area contributed by atoms with Crippen molar-refractivity contribution in [2.24, 2.45) is 11.3 Å². The SMILES string of the molecule is OCCOc1cccc(CN2C[C@H](O)[C@@]3(C2)[C@H](CO)[C@H]3c2ccccc2)c1. The van der Waals surface area contributed by atoms with Crippen molar-refractivity contribution in [2.75, 3.05) is 32.9 Å². The summed E-state index contributed by atoms with van der Waals surface area (Å²) in [6, 6.07) is 18.1. The Morgan fingerprint density at radius 3 is 2.63 bits per heavy atom. The van der Waals surface area contributed by atoms with Crippen LogP contribution in [0.2, 0.25) is 0 Å². The maximum Gasteiger partial charge on any atom is 0.119 e. The molecule has 1 saturated heterocycles. The number of aliphatic hydroxyl groups is 3. The van der Waals surface area contributed by atoms with Crippen LogP contribution in [-0.4, -0.2) is 59.2 Å². The van der Waals surface area contributed by atoms with Gasteiger partial charge in [0, 0.05) is 31.7 Å². The van der Waals surface area contributed by atoms with Gasteiger partial charge in [0.15, 0.2) is 0 Å². The van der Waals surface area contributed by atoms with Crippen molar-refractivity contribution in [3.63, 3.8) is 0 Å². The Labute approximate surface area is 159 Å². The molecule has 0 aromatic heterocycles. The topological polar surface area (TPSA) is 73.2 Å². The van der Waals surface area contributed by atoms with Crippen LogP contribution in [0, 0.1) is 11.3 Å². The molecule has 1 heterocycles. The molecule has 1 aliphatic carbocycles. The van der Waals surface area contributed by atoms with Gasteiger partial charge in [-0.05, 0) is 35.1 Å². The number of likely N-dealkylation sites (tertiary alicyclic amines) is 1. The highest BCUT2D eigenvalue weighted by molar-refractivity contribution is 5.37. The van der Waals surface area contributed by atoms with Crippen LogP contribution in [-0.2, 0) is 6.54 Å². The molecule has 3 N–H and O–H groups in total. The molecule has 2 fully saturated rings. The molecule has 5 heteroatoms. The van der Waals surface area contributed by atoms with Crippen molar-refractivity contribution in [3.8, 4) is 5.75 Å². The molecular weight excluding hydrogens is 342 g/mol. The second-order valence-corrected chi connectivity index (χ2v) is 7.69. The minimum Gasteiger partial charge on any atom is -0.491 e. The lowest BCUT2D eigenvalue weighted by Crippen LogP contribution is -2.23. The first kappa shape index (κ1) is 18.4. The van der Waals surface area contributed by atoms with E-state index in [1.165, 1.54) is 5.56 Å². The summed E-state index contributed by atoms with van der Waals surface area (Å²) in [6.45, 7) is 2.51. The summed E-state index contributed by atoms with van der Waals surface area (Å²) in [4.78, 5) is 2.27. The van der Waals surface area contributed by atoms with Crippen LogP contribution >= 0.6 is 0 Å². The molecule has 1 saturated carbocycles. The van der Waals surface area contributed by atoms with Crippen LogP contribution in [0.4, 0.5) is 0 Å². The normalized spacial score (nSPS) is 30.0. The molecular formula is C22H27NO4. The molecule has 27 heavy (non-hydrogen) atoms. The van der Waals surface area contributed by atoms with Crippen molar-refractivity contribution in [3.05, 3.63) is 65.7 Å². The third-order valence-electron chi connectivity index (χ3n) is 6.13. The number of nitrogens with zero attached hydrogens (tertiary/aromatic N) is 1. The van der Waals surface area contributed by atoms with Crippen LogP contribution in [0.15, 0.2) is 54.6 Å². The molecule has 2 aromatic carbocycles. The quantitative estimate of drug-likeness (QED) is 0.692. The van der Waals surface area contributed by atoms with Gasteiger partial charge < -0.3 is 20.1 Å². The maximum absolute atomic E-state index is 10.9. The van der Waals surface area contributed by atoms with E-state index in [1.54, 1.807) is 0 Å². The van der Waals surface area contributed by atoms with E-state index >= 15 is 0 Å². The standard InChI is InChI=1S/C22H27NO4/c24-9-10-27-18-8-4-5-16(11-18)12-23-13-20(26)22(15-23)19(14-25)21(22)17-6-2-1-3-7-17/h1-8,11,19-21,24-26H,9-10,12-15H2/t19-,20+,21-,22-/m1/s1. The molecule has 0 unspecified atom stereocenters. The van der Waals surface area contributed by atoms with Gasteiger partial charge in [-0.3, -0.25) is 4.90 Å². The third-order valence-corrected chi connectivity index (χ3v) is 6.13. The molecule has 0 amide bonds. The second-order valence-electron chi connectivity index (χ2n) is 7.69. The predicted molar refractivity (Wildman–Crippen MR) is 102 cm³/mol. The van der Waals surface area contributed by atoms with Crippen molar-refractivity contribution >= 4 is 0 Å². The zero-order chi connectivity index (χ0) is 18.9. The Bertz CT molecular complexity index is 768. The summed E-state index contributed by atoms with van der Waals surface area (Å²) in [5.41, 5.74) is 2.07. The second kappa shape index (κ2) is 7.60. The van der Waals surface area contributed by atoms with E-state index < -0.39 is 6.10 Å². The van der Waals surface area contributed by atoms with Gasteiger partial charge in [-0.25, -0.2) is 0 Å². The Balaban J connectivity index is 1.47. The number of hydrogen-bond donors (Lipinski definition) is 3. The average Bonchev–Trinajstić information content (AvgIpc) is 3.24. The number of rotatable bonds is 7. The van der Waals surface area contributed by atoms with Crippen molar-refractivity contribution in [1.29, 1.82) is 0 Å². The fourth-order valence-corrected chi connectivity index (χ4v) is 4.94. The number of aliphatic hydroxyl groups excluding tert-OH is 3.